The molecular weight excluding hydrogens is 362 g/mol. The zero-order valence-corrected chi connectivity index (χ0v) is 15.1. The van der Waals surface area contributed by atoms with Crippen LogP contribution in [-0.4, -0.2) is 42.4 Å². The van der Waals surface area contributed by atoms with Gasteiger partial charge >= 0.3 is 0 Å². The molecule has 2 saturated heterocycles. The average Bonchev–Trinajstić information content (AvgIpc) is 2.75. The number of azide groups is 1. The maximum Gasteiger partial charge on any atom is 0.184 e. The highest BCUT2D eigenvalue weighted by Crippen LogP contribution is 2.35. The Balaban J connectivity index is 1.54. The molecule has 2 aromatic rings. The minimum Gasteiger partial charge on any atom is -0.387 e. The van der Waals surface area contributed by atoms with Gasteiger partial charge in [-0.3, -0.25) is 0 Å². The van der Waals surface area contributed by atoms with Crippen molar-refractivity contribution in [2.45, 2.75) is 43.5 Å². The maximum absolute atomic E-state index is 10.7. The van der Waals surface area contributed by atoms with Crippen molar-refractivity contribution in [3.8, 4) is 0 Å². The van der Waals surface area contributed by atoms with Crippen LogP contribution < -0.4 is 0 Å². The number of aliphatic hydroxyl groups is 1. The lowest BCUT2D eigenvalue weighted by Gasteiger charge is -2.47. The second-order valence-corrected chi connectivity index (χ2v) is 6.70. The Morgan fingerprint density at radius 3 is 2.50 bits per heavy atom. The van der Waals surface area contributed by atoms with Gasteiger partial charge in [0.25, 0.3) is 0 Å². The summed E-state index contributed by atoms with van der Waals surface area (Å²) in [6, 6.07) is 19.2. The van der Waals surface area contributed by atoms with Gasteiger partial charge in [0.15, 0.2) is 12.5 Å². The first-order valence-corrected chi connectivity index (χ1v) is 9.11. The molecule has 8 heteroatoms. The molecule has 0 spiro atoms. The van der Waals surface area contributed by atoms with Crippen molar-refractivity contribution in [1.29, 1.82) is 0 Å². The predicted octanol–water partition coefficient (Wildman–Crippen LogP) is 3.08. The lowest BCUT2D eigenvalue weighted by Crippen LogP contribution is -2.61. The normalized spacial score (nSPS) is 32.2. The van der Waals surface area contributed by atoms with Gasteiger partial charge in [-0.2, -0.15) is 0 Å². The van der Waals surface area contributed by atoms with Gasteiger partial charge < -0.3 is 24.1 Å². The minimum absolute atomic E-state index is 0.236. The molecule has 0 saturated carbocycles. The summed E-state index contributed by atoms with van der Waals surface area (Å²) in [5, 5.41) is 14.3. The summed E-state index contributed by atoms with van der Waals surface area (Å²) in [5.41, 5.74) is 10.6. The van der Waals surface area contributed by atoms with E-state index in [-0.39, 0.29) is 13.2 Å². The number of hydrogen-bond donors (Lipinski definition) is 1. The Hall–Kier alpha value is -2.45. The van der Waals surface area contributed by atoms with Crippen molar-refractivity contribution in [1.82, 2.24) is 0 Å². The van der Waals surface area contributed by atoms with Crippen molar-refractivity contribution in [2.24, 2.45) is 5.11 Å². The van der Waals surface area contributed by atoms with E-state index in [0.717, 1.165) is 11.1 Å². The molecular formula is C20H21N3O5. The van der Waals surface area contributed by atoms with Gasteiger partial charge in [-0.15, -0.1) is 0 Å². The monoisotopic (exact) mass is 383 g/mol. The first-order chi connectivity index (χ1) is 13.8. The number of nitrogens with zero attached hydrogens (tertiary/aromatic N) is 3. The van der Waals surface area contributed by atoms with Crippen LogP contribution in [0.1, 0.15) is 17.4 Å². The van der Waals surface area contributed by atoms with Gasteiger partial charge in [0.2, 0.25) is 0 Å². The fourth-order valence-corrected chi connectivity index (χ4v) is 3.46. The van der Waals surface area contributed by atoms with Gasteiger partial charge in [-0.1, -0.05) is 65.8 Å². The highest BCUT2D eigenvalue weighted by atomic mass is 16.7. The van der Waals surface area contributed by atoms with E-state index >= 15 is 0 Å². The van der Waals surface area contributed by atoms with Crippen molar-refractivity contribution in [2.75, 3.05) is 6.61 Å². The highest BCUT2D eigenvalue weighted by molar-refractivity contribution is 5.17. The SMILES string of the molecule is [N-]=[N+]=N[C@@H]1O[C@@H]2COC(c3ccccc3)O[C@@H]2[C@H](OCc2ccccc2)[C@H]1O. The number of aliphatic hydroxyl groups excluding tert-OH is 1. The van der Waals surface area contributed by atoms with E-state index in [1.54, 1.807) is 0 Å². The summed E-state index contributed by atoms with van der Waals surface area (Å²) in [6.07, 6.45) is -4.62. The third-order valence-corrected chi connectivity index (χ3v) is 4.85. The molecule has 0 amide bonds. The molecule has 0 aromatic heterocycles. The number of benzene rings is 2. The highest BCUT2D eigenvalue weighted by Gasteiger charge is 2.49. The standard InChI is InChI=1S/C20H21N3O5/c21-23-22-19-16(24)18(25-11-13-7-3-1-4-8-13)17-15(27-19)12-26-20(28-17)14-9-5-2-6-10-14/h1-10,15-20,24H,11-12H2/t15-,16-,17+,18-,19-,20?/m1/s1. The molecule has 4 rings (SSSR count). The molecule has 2 aliphatic heterocycles. The Morgan fingerprint density at radius 1 is 1.07 bits per heavy atom. The average molecular weight is 383 g/mol. The summed E-state index contributed by atoms with van der Waals surface area (Å²) in [5.74, 6) is 0. The van der Waals surface area contributed by atoms with Gasteiger partial charge in [0, 0.05) is 10.5 Å². The molecule has 8 nitrogen and oxygen atoms in total. The first kappa shape index (κ1) is 18.9. The minimum atomic E-state index is -1.16. The number of hydrogen-bond acceptors (Lipinski definition) is 6. The van der Waals surface area contributed by atoms with Crippen molar-refractivity contribution in [3.63, 3.8) is 0 Å². The van der Waals surface area contributed by atoms with Gasteiger partial charge in [0.1, 0.15) is 24.4 Å². The van der Waals surface area contributed by atoms with Crippen LogP contribution in [0.5, 0.6) is 0 Å². The largest absolute Gasteiger partial charge is 0.387 e. The zero-order valence-electron chi connectivity index (χ0n) is 15.1. The summed E-state index contributed by atoms with van der Waals surface area (Å²) < 4.78 is 23.6. The molecule has 2 aliphatic rings. The third-order valence-electron chi connectivity index (χ3n) is 4.85. The van der Waals surface area contributed by atoms with E-state index in [1.165, 1.54) is 0 Å². The third kappa shape index (κ3) is 4.02. The molecule has 0 bridgehead atoms. The fourth-order valence-electron chi connectivity index (χ4n) is 3.46. The Morgan fingerprint density at radius 2 is 1.79 bits per heavy atom. The molecule has 1 unspecified atom stereocenters. The molecule has 0 radical (unpaired) electrons. The lowest BCUT2D eigenvalue weighted by atomic mass is 9.97. The van der Waals surface area contributed by atoms with E-state index in [4.69, 9.17) is 24.5 Å². The van der Waals surface area contributed by atoms with Crippen LogP contribution in [-0.2, 0) is 25.6 Å². The first-order valence-electron chi connectivity index (χ1n) is 9.11. The molecule has 1 N–H and O–H groups in total. The lowest BCUT2D eigenvalue weighted by molar-refractivity contribution is -0.334. The van der Waals surface area contributed by atoms with E-state index in [2.05, 4.69) is 10.0 Å². The van der Waals surface area contributed by atoms with Crippen LogP contribution in [0.15, 0.2) is 65.8 Å². The Bertz CT molecular complexity index is 815. The van der Waals surface area contributed by atoms with Crippen LogP contribution in [0.4, 0.5) is 0 Å². The molecule has 2 aromatic carbocycles. The van der Waals surface area contributed by atoms with E-state index < -0.39 is 36.9 Å². The molecule has 2 fully saturated rings. The Kier molecular flexibility index (Phi) is 5.87. The topological polar surface area (TPSA) is 106 Å². The molecule has 0 aliphatic carbocycles. The van der Waals surface area contributed by atoms with Crippen molar-refractivity contribution in [3.05, 3.63) is 82.2 Å². The summed E-state index contributed by atoms with van der Waals surface area (Å²) >= 11 is 0. The fraction of sp³-hybridized carbons (Fsp3) is 0.400. The molecule has 2 heterocycles. The predicted molar refractivity (Wildman–Crippen MR) is 98.8 cm³/mol. The van der Waals surface area contributed by atoms with Crippen LogP contribution in [0.25, 0.3) is 10.4 Å². The number of ether oxygens (including phenoxy) is 4. The zero-order chi connectivity index (χ0) is 19.3. The molecule has 6 atom stereocenters. The van der Waals surface area contributed by atoms with Crippen LogP contribution in [0, 0.1) is 0 Å². The van der Waals surface area contributed by atoms with Crippen molar-refractivity contribution < 1.29 is 24.1 Å². The summed E-state index contributed by atoms with van der Waals surface area (Å²) in [7, 11) is 0. The van der Waals surface area contributed by atoms with E-state index in [0.29, 0.717) is 0 Å². The quantitative estimate of drug-likeness (QED) is 0.485. The van der Waals surface area contributed by atoms with Crippen molar-refractivity contribution >= 4 is 0 Å². The Labute approximate surface area is 162 Å². The molecule has 146 valence electrons. The summed E-state index contributed by atoms with van der Waals surface area (Å²) in [6.45, 7) is 0.522. The van der Waals surface area contributed by atoms with Crippen LogP contribution in [0.2, 0.25) is 0 Å². The van der Waals surface area contributed by atoms with E-state index in [1.807, 2.05) is 60.7 Å². The maximum atomic E-state index is 10.7. The second-order valence-electron chi connectivity index (χ2n) is 6.70. The van der Waals surface area contributed by atoms with Gasteiger partial charge in [-0.05, 0) is 11.1 Å². The number of fused-ring (bicyclic) bond motifs is 1. The second kappa shape index (κ2) is 8.70. The van der Waals surface area contributed by atoms with Crippen LogP contribution >= 0.6 is 0 Å². The van der Waals surface area contributed by atoms with E-state index in [9.17, 15) is 5.11 Å². The smallest absolute Gasteiger partial charge is 0.184 e. The van der Waals surface area contributed by atoms with Gasteiger partial charge in [-0.25, -0.2) is 0 Å². The van der Waals surface area contributed by atoms with Crippen LogP contribution in [0.3, 0.4) is 0 Å². The molecule has 28 heavy (non-hydrogen) atoms. The summed E-state index contributed by atoms with van der Waals surface area (Å²) in [4.78, 5) is 2.77. The van der Waals surface area contributed by atoms with Gasteiger partial charge in [0.05, 0.1) is 13.2 Å². The number of rotatable bonds is 5.